The zero-order valence-corrected chi connectivity index (χ0v) is 16.8. The SMILES string of the molecule is O=C(N1CC2=C(C1)CN(S(=O)(=O)c1ccccc1F)C2)[C@](F)(CO)c1ccccc1. The van der Waals surface area contributed by atoms with E-state index in [1.165, 1.54) is 35.2 Å². The first-order valence-corrected chi connectivity index (χ1v) is 10.8. The van der Waals surface area contributed by atoms with E-state index in [-0.39, 0.29) is 31.7 Å². The Bertz CT molecular complexity index is 1100. The highest BCUT2D eigenvalue weighted by Gasteiger charge is 2.46. The molecule has 30 heavy (non-hydrogen) atoms. The van der Waals surface area contributed by atoms with Crippen LogP contribution in [0.3, 0.4) is 0 Å². The predicted octanol–water partition coefficient (Wildman–Crippen LogP) is 1.83. The van der Waals surface area contributed by atoms with Gasteiger partial charge in [-0.1, -0.05) is 42.5 Å². The van der Waals surface area contributed by atoms with Crippen molar-refractivity contribution in [3.05, 3.63) is 77.1 Å². The smallest absolute Gasteiger partial charge is 0.267 e. The minimum absolute atomic E-state index is 0.0134. The molecule has 0 fully saturated rings. The van der Waals surface area contributed by atoms with Gasteiger partial charge in [0.2, 0.25) is 15.7 Å². The van der Waals surface area contributed by atoms with E-state index < -0.39 is 38.9 Å². The monoisotopic (exact) mass is 434 g/mol. The number of benzene rings is 2. The highest BCUT2D eigenvalue weighted by Crippen LogP contribution is 2.34. The van der Waals surface area contributed by atoms with Gasteiger partial charge in [0.05, 0.1) is 6.61 Å². The highest BCUT2D eigenvalue weighted by molar-refractivity contribution is 7.89. The lowest BCUT2D eigenvalue weighted by Crippen LogP contribution is -2.47. The van der Waals surface area contributed by atoms with Gasteiger partial charge in [-0.15, -0.1) is 0 Å². The summed E-state index contributed by atoms with van der Waals surface area (Å²) in [6.07, 6.45) is 0. The number of rotatable bonds is 5. The molecule has 0 aliphatic carbocycles. The van der Waals surface area contributed by atoms with Crippen molar-refractivity contribution < 1.29 is 27.1 Å². The number of carbonyl (C=O) groups is 1. The maximum atomic E-state index is 15.4. The molecular weight excluding hydrogens is 414 g/mol. The number of halogens is 2. The molecule has 2 aliphatic rings. The van der Waals surface area contributed by atoms with Crippen LogP contribution in [0.15, 0.2) is 70.6 Å². The number of alkyl halides is 1. The van der Waals surface area contributed by atoms with Gasteiger partial charge < -0.3 is 10.0 Å². The molecule has 0 aromatic heterocycles. The van der Waals surface area contributed by atoms with Crippen molar-refractivity contribution >= 4 is 15.9 Å². The van der Waals surface area contributed by atoms with Gasteiger partial charge in [0.15, 0.2) is 0 Å². The number of amides is 1. The second kappa shape index (κ2) is 7.57. The Labute approximate surface area is 173 Å². The molecule has 1 atom stereocenters. The second-order valence-corrected chi connectivity index (χ2v) is 9.30. The fourth-order valence-corrected chi connectivity index (χ4v) is 5.38. The van der Waals surface area contributed by atoms with Crippen molar-refractivity contribution in [3.63, 3.8) is 0 Å². The quantitative estimate of drug-likeness (QED) is 0.729. The molecule has 4 rings (SSSR count). The van der Waals surface area contributed by atoms with E-state index in [0.29, 0.717) is 11.1 Å². The molecule has 2 heterocycles. The topological polar surface area (TPSA) is 77.9 Å². The molecule has 0 saturated heterocycles. The van der Waals surface area contributed by atoms with Crippen LogP contribution >= 0.6 is 0 Å². The molecule has 2 aromatic rings. The molecule has 0 spiro atoms. The third kappa shape index (κ3) is 3.32. The van der Waals surface area contributed by atoms with Crippen molar-refractivity contribution in [1.29, 1.82) is 0 Å². The van der Waals surface area contributed by atoms with E-state index in [4.69, 9.17) is 0 Å². The Morgan fingerprint density at radius 3 is 2.10 bits per heavy atom. The van der Waals surface area contributed by atoms with E-state index in [0.717, 1.165) is 10.4 Å². The van der Waals surface area contributed by atoms with E-state index in [1.54, 1.807) is 18.2 Å². The molecule has 0 radical (unpaired) electrons. The first kappa shape index (κ1) is 20.6. The Kier molecular flexibility index (Phi) is 5.21. The number of sulfonamides is 1. The summed E-state index contributed by atoms with van der Waals surface area (Å²) in [5, 5.41) is 9.61. The Morgan fingerprint density at radius 1 is 0.967 bits per heavy atom. The summed E-state index contributed by atoms with van der Waals surface area (Å²) in [6.45, 7) is -0.838. The van der Waals surface area contributed by atoms with Gasteiger partial charge in [-0.05, 0) is 23.3 Å². The number of aliphatic hydroxyl groups is 1. The Balaban J connectivity index is 1.49. The normalized spacial score (nSPS) is 19.1. The molecule has 0 unspecified atom stereocenters. The van der Waals surface area contributed by atoms with Crippen LogP contribution in [0.2, 0.25) is 0 Å². The van der Waals surface area contributed by atoms with Crippen molar-refractivity contribution in [2.45, 2.75) is 10.6 Å². The maximum absolute atomic E-state index is 15.4. The van der Waals surface area contributed by atoms with Gasteiger partial charge in [-0.3, -0.25) is 4.79 Å². The summed E-state index contributed by atoms with van der Waals surface area (Å²) in [5.74, 6) is -1.69. The Morgan fingerprint density at radius 2 is 1.53 bits per heavy atom. The summed E-state index contributed by atoms with van der Waals surface area (Å²) in [4.78, 5) is 13.7. The lowest BCUT2D eigenvalue weighted by atomic mass is 9.95. The summed E-state index contributed by atoms with van der Waals surface area (Å²) in [5.41, 5.74) is -1.12. The van der Waals surface area contributed by atoms with Gasteiger partial charge in [0, 0.05) is 31.7 Å². The largest absolute Gasteiger partial charge is 0.392 e. The standard InChI is InChI=1S/C21H20F2N2O4S/c22-18-8-4-5-9-19(18)30(28,29)25-12-15-10-24(11-16(15)13-25)20(27)21(23,14-26)17-6-2-1-3-7-17/h1-9,26H,10-14H2/t21-/m0/s1. The third-order valence-corrected chi connectivity index (χ3v) is 7.35. The zero-order chi connectivity index (χ0) is 21.5. The molecule has 1 amide bonds. The van der Waals surface area contributed by atoms with Crippen molar-refractivity contribution in [3.8, 4) is 0 Å². The van der Waals surface area contributed by atoms with Crippen LogP contribution in [0, 0.1) is 5.82 Å². The minimum atomic E-state index is -4.03. The van der Waals surface area contributed by atoms with Crippen LogP contribution in [0.25, 0.3) is 0 Å². The fourth-order valence-electron chi connectivity index (χ4n) is 3.89. The van der Waals surface area contributed by atoms with Gasteiger partial charge in [-0.2, -0.15) is 4.31 Å². The molecule has 0 saturated carbocycles. The average Bonchev–Trinajstić information content (AvgIpc) is 3.33. The summed E-state index contributed by atoms with van der Waals surface area (Å²) >= 11 is 0. The van der Waals surface area contributed by atoms with Crippen LogP contribution < -0.4 is 0 Å². The molecule has 158 valence electrons. The van der Waals surface area contributed by atoms with Crippen LogP contribution in [-0.4, -0.2) is 61.4 Å². The fraction of sp³-hybridized carbons (Fsp3) is 0.286. The molecule has 0 bridgehead atoms. The lowest BCUT2D eigenvalue weighted by Gasteiger charge is -2.29. The van der Waals surface area contributed by atoms with Crippen molar-refractivity contribution in [2.24, 2.45) is 0 Å². The maximum Gasteiger partial charge on any atom is 0.267 e. The third-order valence-electron chi connectivity index (χ3n) is 5.53. The lowest BCUT2D eigenvalue weighted by molar-refractivity contribution is -0.146. The van der Waals surface area contributed by atoms with E-state index in [2.05, 4.69) is 0 Å². The van der Waals surface area contributed by atoms with Crippen LogP contribution in [-0.2, 0) is 20.5 Å². The Hall–Kier alpha value is -2.62. The van der Waals surface area contributed by atoms with E-state index >= 15 is 4.39 Å². The molecule has 6 nitrogen and oxygen atoms in total. The number of hydrogen-bond donors (Lipinski definition) is 1. The van der Waals surface area contributed by atoms with Gasteiger partial charge >= 0.3 is 0 Å². The number of nitrogens with zero attached hydrogens (tertiary/aromatic N) is 2. The molecule has 9 heteroatoms. The molecule has 2 aliphatic heterocycles. The van der Waals surface area contributed by atoms with Crippen LogP contribution in [0.4, 0.5) is 8.78 Å². The van der Waals surface area contributed by atoms with E-state index in [1.807, 2.05) is 0 Å². The van der Waals surface area contributed by atoms with Crippen LogP contribution in [0.5, 0.6) is 0 Å². The summed E-state index contributed by atoms with van der Waals surface area (Å²) in [6, 6.07) is 12.9. The zero-order valence-electron chi connectivity index (χ0n) is 16.0. The predicted molar refractivity (Wildman–Crippen MR) is 105 cm³/mol. The van der Waals surface area contributed by atoms with Crippen molar-refractivity contribution in [1.82, 2.24) is 9.21 Å². The molecular formula is C21H20F2N2O4S. The second-order valence-electron chi connectivity index (χ2n) is 7.40. The highest BCUT2D eigenvalue weighted by atomic mass is 32.2. The number of aliphatic hydroxyl groups excluding tert-OH is 1. The van der Waals surface area contributed by atoms with Gasteiger partial charge in [-0.25, -0.2) is 17.2 Å². The first-order valence-electron chi connectivity index (χ1n) is 9.36. The van der Waals surface area contributed by atoms with Crippen molar-refractivity contribution in [2.75, 3.05) is 32.8 Å². The van der Waals surface area contributed by atoms with Crippen LogP contribution in [0.1, 0.15) is 5.56 Å². The first-order chi connectivity index (χ1) is 14.3. The van der Waals surface area contributed by atoms with Gasteiger partial charge in [0.1, 0.15) is 10.7 Å². The average molecular weight is 434 g/mol. The molecule has 2 aromatic carbocycles. The van der Waals surface area contributed by atoms with Gasteiger partial charge in [0.25, 0.3) is 5.91 Å². The number of carbonyl (C=O) groups excluding carboxylic acids is 1. The van der Waals surface area contributed by atoms with E-state index in [9.17, 15) is 22.7 Å². The minimum Gasteiger partial charge on any atom is -0.392 e. The summed E-state index contributed by atoms with van der Waals surface area (Å²) in [7, 11) is -4.03. The summed E-state index contributed by atoms with van der Waals surface area (Å²) < 4.78 is 56.1. The number of hydrogen-bond acceptors (Lipinski definition) is 4. The molecule has 1 N–H and O–H groups in total.